The fourth-order valence-corrected chi connectivity index (χ4v) is 4.72. The zero-order valence-corrected chi connectivity index (χ0v) is 19.8. The molecule has 0 bridgehead atoms. The topological polar surface area (TPSA) is 63.7 Å². The summed E-state index contributed by atoms with van der Waals surface area (Å²) in [5, 5.41) is 4.86. The van der Waals surface area contributed by atoms with E-state index in [9.17, 15) is 4.79 Å². The number of anilines is 2. The van der Waals surface area contributed by atoms with Gasteiger partial charge in [0.25, 0.3) is 0 Å². The van der Waals surface area contributed by atoms with Crippen LogP contribution in [0.15, 0.2) is 41.4 Å². The van der Waals surface area contributed by atoms with Crippen LogP contribution in [-0.2, 0) is 4.79 Å². The number of carbonyl (C=O) groups excluding carboxylic acids is 1. The predicted molar refractivity (Wildman–Crippen MR) is 132 cm³/mol. The molecule has 0 spiro atoms. The Labute approximate surface area is 193 Å². The van der Waals surface area contributed by atoms with Crippen LogP contribution in [0.4, 0.5) is 11.4 Å². The van der Waals surface area contributed by atoms with Crippen molar-refractivity contribution in [3.05, 3.63) is 47.5 Å². The number of fused-ring (bicyclic) bond motifs is 2. The summed E-state index contributed by atoms with van der Waals surface area (Å²) in [6.07, 6.45) is 0. The van der Waals surface area contributed by atoms with E-state index in [1.54, 1.807) is 0 Å². The normalized spacial score (nSPS) is 12.6. The van der Waals surface area contributed by atoms with Crippen molar-refractivity contribution in [3.63, 3.8) is 0 Å². The summed E-state index contributed by atoms with van der Waals surface area (Å²) in [6, 6.07) is 12.0. The molecule has 4 rings (SSSR count). The third kappa shape index (κ3) is 4.78. The standard InChI is InChI=1S/C25H29N3O3S/c1-5-28(6-2)21-8-7-19(12-16(21)3)26-24(29)15-32-25-17(4)11-18-13-22-23(14-20(18)27-25)31-10-9-30-22/h7-8,11-14H,5-6,9-10,15H2,1-4H3,(H,26,29). The molecule has 6 nitrogen and oxygen atoms in total. The number of nitrogens with zero attached hydrogens (tertiary/aromatic N) is 2. The highest BCUT2D eigenvalue weighted by Crippen LogP contribution is 2.35. The van der Waals surface area contributed by atoms with Crippen molar-refractivity contribution in [1.82, 2.24) is 4.98 Å². The van der Waals surface area contributed by atoms with E-state index < -0.39 is 0 Å². The van der Waals surface area contributed by atoms with Crippen molar-refractivity contribution in [2.24, 2.45) is 0 Å². The maximum Gasteiger partial charge on any atom is 0.234 e. The number of rotatable bonds is 7. The van der Waals surface area contributed by atoms with Gasteiger partial charge in [0.2, 0.25) is 5.91 Å². The van der Waals surface area contributed by atoms with Gasteiger partial charge in [0.15, 0.2) is 11.5 Å². The average molecular weight is 452 g/mol. The molecular formula is C25H29N3O3S. The molecule has 1 amide bonds. The predicted octanol–water partition coefficient (Wildman–Crippen LogP) is 5.20. The maximum atomic E-state index is 12.6. The molecule has 0 radical (unpaired) electrons. The van der Waals surface area contributed by atoms with E-state index in [-0.39, 0.29) is 5.91 Å². The lowest BCUT2D eigenvalue weighted by Gasteiger charge is -2.23. The molecule has 0 fully saturated rings. The van der Waals surface area contributed by atoms with Crippen LogP contribution in [0.1, 0.15) is 25.0 Å². The number of amides is 1. The summed E-state index contributed by atoms with van der Waals surface area (Å²) < 4.78 is 11.3. The fraction of sp³-hybridized carbons (Fsp3) is 0.360. The van der Waals surface area contributed by atoms with Crippen LogP contribution in [0.3, 0.4) is 0 Å². The molecule has 7 heteroatoms. The number of thioether (sulfide) groups is 1. The molecular weight excluding hydrogens is 422 g/mol. The maximum absolute atomic E-state index is 12.6. The molecule has 0 atom stereocenters. The molecule has 0 unspecified atom stereocenters. The lowest BCUT2D eigenvalue weighted by Crippen LogP contribution is -2.22. The summed E-state index contributed by atoms with van der Waals surface area (Å²) in [4.78, 5) is 19.7. The molecule has 1 aliphatic heterocycles. The highest BCUT2D eigenvalue weighted by molar-refractivity contribution is 8.00. The second-order valence-electron chi connectivity index (χ2n) is 7.81. The molecule has 0 saturated carbocycles. The van der Waals surface area contributed by atoms with Crippen molar-refractivity contribution in [2.75, 3.05) is 42.3 Å². The second kappa shape index (κ2) is 9.69. The largest absolute Gasteiger partial charge is 0.486 e. The molecule has 3 aromatic rings. The van der Waals surface area contributed by atoms with Gasteiger partial charge in [-0.05, 0) is 69.2 Å². The molecule has 1 aliphatic rings. The molecule has 1 aromatic heterocycles. The molecule has 2 heterocycles. The zero-order valence-electron chi connectivity index (χ0n) is 19.0. The first-order chi connectivity index (χ1) is 15.5. The van der Waals surface area contributed by atoms with Crippen molar-refractivity contribution in [1.29, 1.82) is 0 Å². The van der Waals surface area contributed by atoms with Crippen molar-refractivity contribution >= 4 is 39.9 Å². The third-order valence-corrected chi connectivity index (χ3v) is 6.64. The molecule has 1 N–H and O–H groups in total. The van der Waals surface area contributed by atoms with Gasteiger partial charge in [0, 0.05) is 35.9 Å². The SMILES string of the molecule is CCN(CC)c1ccc(NC(=O)CSc2nc3cc4c(cc3cc2C)OCCO4)cc1C. The van der Waals surface area contributed by atoms with Gasteiger partial charge in [-0.25, -0.2) is 4.98 Å². The summed E-state index contributed by atoms with van der Waals surface area (Å²) in [5.41, 5.74) is 5.04. The van der Waals surface area contributed by atoms with E-state index in [1.807, 2.05) is 31.2 Å². The highest BCUT2D eigenvalue weighted by atomic mass is 32.2. The van der Waals surface area contributed by atoms with Crippen molar-refractivity contribution < 1.29 is 14.3 Å². The van der Waals surface area contributed by atoms with E-state index in [0.29, 0.717) is 19.0 Å². The summed E-state index contributed by atoms with van der Waals surface area (Å²) in [6.45, 7) is 11.4. The first-order valence-corrected chi connectivity index (χ1v) is 12.0. The summed E-state index contributed by atoms with van der Waals surface area (Å²) >= 11 is 1.44. The number of aromatic nitrogens is 1. The smallest absolute Gasteiger partial charge is 0.234 e. The number of nitrogens with one attached hydrogen (secondary N) is 1. The highest BCUT2D eigenvalue weighted by Gasteiger charge is 2.15. The zero-order chi connectivity index (χ0) is 22.7. The Bertz CT molecular complexity index is 1140. The van der Waals surface area contributed by atoms with Gasteiger partial charge in [0.1, 0.15) is 18.2 Å². The number of pyridine rings is 1. The quantitative estimate of drug-likeness (QED) is 0.498. The minimum Gasteiger partial charge on any atom is -0.486 e. The van der Waals surface area contributed by atoms with Gasteiger partial charge in [-0.2, -0.15) is 0 Å². The van der Waals surface area contributed by atoms with Gasteiger partial charge in [0.05, 0.1) is 11.3 Å². The monoisotopic (exact) mass is 451 g/mol. The number of benzene rings is 2. The van der Waals surface area contributed by atoms with Crippen LogP contribution in [0, 0.1) is 13.8 Å². The van der Waals surface area contributed by atoms with Crippen LogP contribution in [-0.4, -0.2) is 42.9 Å². The Balaban J connectivity index is 1.43. The number of ether oxygens (including phenoxy) is 2. The Morgan fingerprint density at radius 2 is 1.75 bits per heavy atom. The van der Waals surface area contributed by atoms with Gasteiger partial charge < -0.3 is 19.7 Å². The number of hydrogen-bond donors (Lipinski definition) is 1. The van der Waals surface area contributed by atoms with Crippen LogP contribution < -0.4 is 19.7 Å². The molecule has 32 heavy (non-hydrogen) atoms. The number of carbonyl (C=O) groups is 1. The van der Waals surface area contributed by atoms with E-state index in [1.165, 1.54) is 17.4 Å². The minimum atomic E-state index is -0.0477. The summed E-state index contributed by atoms with van der Waals surface area (Å²) in [7, 11) is 0. The number of hydrogen-bond acceptors (Lipinski definition) is 6. The van der Waals surface area contributed by atoms with Crippen molar-refractivity contribution in [3.8, 4) is 11.5 Å². The third-order valence-electron chi connectivity index (χ3n) is 5.55. The Kier molecular flexibility index (Phi) is 6.74. The van der Waals surface area contributed by atoms with Gasteiger partial charge >= 0.3 is 0 Å². The summed E-state index contributed by atoms with van der Waals surface area (Å²) in [5.74, 6) is 1.72. The first kappa shape index (κ1) is 22.3. The van der Waals surface area contributed by atoms with Crippen LogP contribution in [0.25, 0.3) is 10.9 Å². The lowest BCUT2D eigenvalue weighted by atomic mass is 10.1. The van der Waals surface area contributed by atoms with Gasteiger partial charge in [-0.1, -0.05) is 11.8 Å². The van der Waals surface area contributed by atoms with Crippen LogP contribution in [0.2, 0.25) is 0 Å². The minimum absolute atomic E-state index is 0.0477. The molecule has 0 aliphatic carbocycles. The molecule has 2 aromatic carbocycles. The van der Waals surface area contributed by atoms with Gasteiger partial charge in [-0.15, -0.1) is 0 Å². The average Bonchev–Trinajstić information content (AvgIpc) is 2.78. The van der Waals surface area contributed by atoms with E-state index >= 15 is 0 Å². The van der Waals surface area contributed by atoms with Gasteiger partial charge in [-0.3, -0.25) is 4.79 Å². The lowest BCUT2D eigenvalue weighted by molar-refractivity contribution is -0.113. The van der Waals surface area contributed by atoms with Crippen molar-refractivity contribution in [2.45, 2.75) is 32.7 Å². The van der Waals surface area contributed by atoms with E-state index in [2.05, 4.69) is 43.1 Å². The molecule has 0 saturated heterocycles. The van der Waals surface area contributed by atoms with Crippen LogP contribution >= 0.6 is 11.8 Å². The fourth-order valence-electron chi connectivity index (χ4n) is 3.93. The first-order valence-electron chi connectivity index (χ1n) is 11.0. The Morgan fingerprint density at radius 3 is 2.44 bits per heavy atom. The van der Waals surface area contributed by atoms with E-state index in [4.69, 9.17) is 14.5 Å². The second-order valence-corrected chi connectivity index (χ2v) is 8.77. The van der Waals surface area contributed by atoms with Crippen LogP contribution in [0.5, 0.6) is 11.5 Å². The molecule has 168 valence electrons. The number of aryl methyl sites for hydroxylation is 2. The Morgan fingerprint density at radius 1 is 1.03 bits per heavy atom. The Hall–Kier alpha value is -2.93. The van der Waals surface area contributed by atoms with E-state index in [0.717, 1.165) is 57.3 Å².